The highest BCUT2D eigenvalue weighted by Gasteiger charge is 2.18. The average Bonchev–Trinajstić information content (AvgIpc) is 2.53. The Labute approximate surface area is 133 Å². The number of nitrogens with one attached hydrogen (secondary N) is 2. The van der Waals surface area contributed by atoms with Crippen molar-refractivity contribution in [2.75, 3.05) is 7.11 Å². The number of methoxy groups -OCH3 is 1. The fourth-order valence-corrected chi connectivity index (χ4v) is 3.17. The lowest BCUT2D eigenvalue weighted by Gasteiger charge is -2.25. The number of urea groups is 1. The summed E-state index contributed by atoms with van der Waals surface area (Å²) in [5.41, 5.74) is 2.22. The number of carbonyl (C=O) groups excluding carboxylic acids is 1. The normalized spacial score (nSPS) is 16.9. The van der Waals surface area contributed by atoms with Crippen LogP contribution in [0.25, 0.3) is 0 Å². The van der Waals surface area contributed by atoms with Gasteiger partial charge in [-0.25, -0.2) is 4.79 Å². The molecule has 0 heterocycles. The van der Waals surface area contributed by atoms with Crippen LogP contribution in [0.15, 0.2) is 18.2 Å². The van der Waals surface area contributed by atoms with Gasteiger partial charge in [-0.05, 0) is 43.4 Å². The summed E-state index contributed by atoms with van der Waals surface area (Å²) in [6, 6.07) is 6.41. The highest BCUT2D eigenvalue weighted by atomic mass is 16.5. The van der Waals surface area contributed by atoms with Gasteiger partial charge in [-0.1, -0.05) is 38.3 Å². The lowest BCUT2D eigenvalue weighted by Crippen LogP contribution is -2.44. The van der Waals surface area contributed by atoms with E-state index in [9.17, 15) is 4.79 Å². The van der Waals surface area contributed by atoms with E-state index >= 15 is 0 Å². The third-order valence-corrected chi connectivity index (χ3v) is 4.48. The Kier molecular flexibility index (Phi) is 6.10. The van der Waals surface area contributed by atoms with E-state index < -0.39 is 0 Å². The molecule has 1 saturated carbocycles. The van der Waals surface area contributed by atoms with Gasteiger partial charge in [0.25, 0.3) is 0 Å². The lowest BCUT2D eigenvalue weighted by molar-refractivity contribution is 0.228. The Morgan fingerprint density at radius 3 is 2.64 bits per heavy atom. The van der Waals surface area contributed by atoms with Gasteiger partial charge in [0.05, 0.1) is 13.2 Å². The van der Waals surface area contributed by atoms with Crippen molar-refractivity contribution in [2.24, 2.45) is 0 Å². The first-order valence-electron chi connectivity index (χ1n) is 8.35. The number of rotatable bonds is 5. The molecule has 1 aromatic rings. The minimum atomic E-state index is -0.0489. The molecule has 2 rings (SSSR count). The maximum atomic E-state index is 12.2. The summed E-state index contributed by atoms with van der Waals surface area (Å²) in [6.07, 6.45) is 6.81. The van der Waals surface area contributed by atoms with Gasteiger partial charge in [-0.15, -0.1) is 0 Å². The molecule has 1 aromatic carbocycles. The summed E-state index contributed by atoms with van der Waals surface area (Å²) >= 11 is 0. The lowest BCUT2D eigenvalue weighted by atomic mass is 9.96. The fraction of sp³-hybridized carbons (Fsp3) is 0.611. The van der Waals surface area contributed by atoms with Gasteiger partial charge >= 0.3 is 6.03 Å². The number of carbonyl (C=O) groups is 1. The van der Waals surface area contributed by atoms with Gasteiger partial charge in [-0.3, -0.25) is 0 Å². The Balaban J connectivity index is 1.95. The van der Waals surface area contributed by atoms with Crippen molar-refractivity contribution in [3.05, 3.63) is 29.3 Å². The van der Waals surface area contributed by atoms with Crippen molar-refractivity contribution in [1.29, 1.82) is 0 Å². The van der Waals surface area contributed by atoms with Gasteiger partial charge in [0.2, 0.25) is 0 Å². The second kappa shape index (κ2) is 8.06. The SMILES string of the molecule is CC[C@@H](NC(=O)NC1CCCCC1)c1ccc(OC)c(C)c1. The van der Waals surface area contributed by atoms with E-state index in [1.165, 1.54) is 19.3 Å². The Morgan fingerprint density at radius 1 is 1.32 bits per heavy atom. The van der Waals surface area contributed by atoms with Crippen molar-refractivity contribution in [3.63, 3.8) is 0 Å². The van der Waals surface area contributed by atoms with Crippen LogP contribution in [-0.4, -0.2) is 19.2 Å². The van der Waals surface area contributed by atoms with E-state index in [1.54, 1.807) is 7.11 Å². The van der Waals surface area contributed by atoms with Gasteiger partial charge in [0.1, 0.15) is 5.75 Å². The molecule has 0 aliphatic heterocycles. The predicted molar refractivity (Wildman–Crippen MR) is 89.3 cm³/mol. The minimum Gasteiger partial charge on any atom is -0.496 e. The predicted octanol–water partition coefficient (Wildman–Crippen LogP) is 4.09. The zero-order chi connectivity index (χ0) is 15.9. The molecule has 0 radical (unpaired) electrons. The van der Waals surface area contributed by atoms with Crippen LogP contribution in [0.2, 0.25) is 0 Å². The largest absolute Gasteiger partial charge is 0.496 e. The molecular weight excluding hydrogens is 276 g/mol. The number of ether oxygens (including phenoxy) is 1. The second-order valence-electron chi connectivity index (χ2n) is 6.14. The van der Waals surface area contributed by atoms with Gasteiger partial charge in [-0.2, -0.15) is 0 Å². The molecule has 0 saturated heterocycles. The van der Waals surface area contributed by atoms with E-state index in [2.05, 4.69) is 23.6 Å². The van der Waals surface area contributed by atoms with E-state index in [4.69, 9.17) is 4.74 Å². The average molecular weight is 304 g/mol. The van der Waals surface area contributed by atoms with E-state index in [-0.39, 0.29) is 12.1 Å². The van der Waals surface area contributed by atoms with Crippen LogP contribution in [-0.2, 0) is 0 Å². The van der Waals surface area contributed by atoms with E-state index in [0.29, 0.717) is 6.04 Å². The van der Waals surface area contributed by atoms with Crippen molar-refractivity contribution in [3.8, 4) is 5.75 Å². The van der Waals surface area contributed by atoms with Gasteiger partial charge in [0, 0.05) is 6.04 Å². The third-order valence-electron chi connectivity index (χ3n) is 4.48. The van der Waals surface area contributed by atoms with Crippen molar-refractivity contribution >= 4 is 6.03 Å². The zero-order valence-electron chi connectivity index (χ0n) is 13.9. The summed E-state index contributed by atoms with van der Waals surface area (Å²) in [7, 11) is 1.68. The van der Waals surface area contributed by atoms with E-state index in [1.807, 2.05) is 19.1 Å². The molecule has 2 amide bonds. The van der Waals surface area contributed by atoms with Gasteiger partial charge < -0.3 is 15.4 Å². The molecule has 1 aliphatic rings. The molecule has 2 N–H and O–H groups in total. The maximum Gasteiger partial charge on any atom is 0.315 e. The van der Waals surface area contributed by atoms with E-state index in [0.717, 1.165) is 36.1 Å². The molecule has 0 spiro atoms. The Bertz CT molecular complexity index is 496. The van der Waals surface area contributed by atoms with Crippen LogP contribution in [0.3, 0.4) is 0 Å². The molecule has 122 valence electrons. The van der Waals surface area contributed by atoms with Crippen LogP contribution in [0.4, 0.5) is 4.79 Å². The number of aryl methyl sites for hydroxylation is 1. The molecule has 0 aromatic heterocycles. The summed E-state index contributed by atoms with van der Waals surface area (Å²) in [6.45, 7) is 4.11. The number of hydrogen-bond acceptors (Lipinski definition) is 2. The molecule has 1 atom stereocenters. The Morgan fingerprint density at radius 2 is 2.05 bits per heavy atom. The van der Waals surface area contributed by atoms with Crippen LogP contribution < -0.4 is 15.4 Å². The standard InChI is InChI=1S/C18H28N2O2/c1-4-16(14-10-11-17(22-3)13(2)12-14)20-18(21)19-15-8-6-5-7-9-15/h10-12,15-16H,4-9H2,1-3H3,(H2,19,20,21)/t16-/m1/s1. The quantitative estimate of drug-likeness (QED) is 0.861. The molecule has 1 aliphatic carbocycles. The molecule has 0 bridgehead atoms. The number of amides is 2. The van der Waals surface area contributed by atoms with Crippen molar-refractivity contribution in [1.82, 2.24) is 10.6 Å². The smallest absolute Gasteiger partial charge is 0.315 e. The topological polar surface area (TPSA) is 50.4 Å². The third kappa shape index (κ3) is 4.39. The monoisotopic (exact) mass is 304 g/mol. The molecule has 4 heteroatoms. The minimum absolute atomic E-state index is 0.0354. The highest BCUT2D eigenvalue weighted by molar-refractivity contribution is 5.74. The van der Waals surface area contributed by atoms with Crippen LogP contribution in [0.1, 0.15) is 62.6 Å². The first-order chi connectivity index (χ1) is 10.6. The fourth-order valence-electron chi connectivity index (χ4n) is 3.17. The molecule has 22 heavy (non-hydrogen) atoms. The summed E-state index contributed by atoms with van der Waals surface area (Å²) in [5, 5.41) is 6.22. The molecule has 1 fully saturated rings. The summed E-state index contributed by atoms with van der Waals surface area (Å²) in [5.74, 6) is 0.880. The van der Waals surface area contributed by atoms with Crippen molar-refractivity contribution in [2.45, 2.75) is 64.5 Å². The summed E-state index contributed by atoms with van der Waals surface area (Å²) in [4.78, 5) is 12.2. The molecule has 4 nitrogen and oxygen atoms in total. The molecular formula is C18H28N2O2. The van der Waals surface area contributed by atoms with Crippen molar-refractivity contribution < 1.29 is 9.53 Å². The highest BCUT2D eigenvalue weighted by Crippen LogP contribution is 2.24. The number of hydrogen-bond donors (Lipinski definition) is 2. The van der Waals surface area contributed by atoms with Crippen LogP contribution in [0, 0.1) is 6.92 Å². The first-order valence-corrected chi connectivity index (χ1v) is 8.35. The molecule has 0 unspecified atom stereocenters. The zero-order valence-corrected chi connectivity index (χ0v) is 13.9. The first kappa shape index (κ1) is 16.7. The van der Waals surface area contributed by atoms with Crippen LogP contribution in [0.5, 0.6) is 5.75 Å². The number of benzene rings is 1. The van der Waals surface area contributed by atoms with Crippen LogP contribution >= 0.6 is 0 Å². The summed E-state index contributed by atoms with van der Waals surface area (Å²) < 4.78 is 5.30. The second-order valence-corrected chi connectivity index (χ2v) is 6.14. The van der Waals surface area contributed by atoms with Gasteiger partial charge in [0.15, 0.2) is 0 Å². The maximum absolute atomic E-state index is 12.2. The Hall–Kier alpha value is -1.71.